The van der Waals surface area contributed by atoms with Crippen LogP contribution in [-0.4, -0.2) is 48.6 Å². The van der Waals surface area contributed by atoms with Crippen LogP contribution in [0.5, 0.6) is 5.75 Å². The number of ether oxygens (including phenoxy) is 2. The third kappa shape index (κ3) is 4.97. The van der Waals surface area contributed by atoms with E-state index in [2.05, 4.69) is 13.8 Å². The monoisotopic (exact) mass is 457 g/mol. The van der Waals surface area contributed by atoms with Crippen molar-refractivity contribution in [3.05, 3.63) is 69.8 Å². The molecule has 1 unspecified atom stereocenters. The second kappa shape index (κ2) is 10.2. The lowest BCUT2D eigenvalue weighted by molar-refractivity contribution is -0.140. The van der Waals surface area contributed by atoms with Crippen LogP contribution in [0.1, 0.15) is 36.6 Å². The molecule has 32 heavy (non-hydrogen) atoms. The van der Waals surface area contributed by atoms with E-state index < -0.39 is 17.7 Å². The number of benzene rings is 2. The molecule has 1 atom stereocenters. The highest BCUT2D eigenvalue weighted by molar-refractivity contribution is 6.46. The van der Waals surface area contributed by atoms with Gasteiger partial charge in [0.25, 0.3) is 11.7 Å². The number of amides is 1. The van der Waals surface area contributed by atoms with Gasteiger partial charge in [0, 0.05) is 24.2 Å². The number of hydrogen-bond donors (Lipinski definition) is 1. The summed E-state index contributed by atoms with van der Waals surface area (Å²) in [6.45, 7) is 7.06. The number of aliphatic hydroxyl groups is 1. The Hall–Kier alpha value is -2.83. The SMILES string of the molecule is COCCN1C(=O)C(=O)/C(=C(/O)c2ccc(OCC(C)C)c(C)c2)C1c1ccc(Cl)cc1. The van der Waals surface area contributed by atoms with Crippen LogP contribution in [0.2, 0.25) is 5.02 Å². The molecule has 1 saturated heterocycles. The maximum Gasteiger partial charge on any atom is 0.295 e. The van der Waals surface area contributed by atoms with E-state index in [1.165, 1.54) is 12.0 Å². The van der Waals surface area contributed by atoms with Crippen molar-refractivity contribution < 1.29 is 24.2 Å². The Morgan fingerprint density at radius 2 is 1.84 bits per heavy atom. The minimum Gasteiger partial charge on any atom is -0.507 e. The lowest BCUT2D eigenvalue weighted by Gasteiger charge is -2.25. The van der Waals surface area contributed by atoms with Gasteiger partial charge in [-0.1, -0.05) is 37.6 Å². The van der Waals surface area contributed by atoms with Gasteiger partial charge in [0.05, 0.1) is 24.8 Å². The molecule has 1 amide bonds. The summed E-state index contributed by atoms with van der Waals surface area (Å²) in [7, 11) is 1.53. The molecule has 2 aromatic carbocycles. The highest BCUT2D eigenvalue weighted by atomic mass is 35.5. The van der Waals surface area contributed by atoms with Crippen molar-refractivity contribution in [2.45, 2.75) is 26.8 Å². The molecule has 0 saturated carbocycles. The third-order valence-electron chi connectivity index (χ3n) is 5.28. The fourth-order valence-electron chi connectivity index (χ4n) is 3.66. The van der Waals surface area contributed by atoms with Gasteiger partial charge in [-0.2, -0.15) is 0 Å². The second-order valence-electron chi connectivity index (χ2n) is 8.22. The number of aryl methyl sites for hydroxylation is 1. The van der Waals surface area contributed by atoms with Gasteiger partial charge in [-0.25, -0.2) is 0 Å². The molecular weight excluding hydrogens is 430 g/mol. The van der Waals surface area contributed by atoms with Crippen LogP contribution in [0.4, 0.5) is 0 Å². The molecule has 0 aliphatic carbocycles. The van der Waals surface area contributed by atoms with Crippen molar-refractivity contribution in [1.82, 2.24) is 4.90 Å². The Morgan fingerprint density at radius 1 is 1.16 bits per heavy atom. The van der Waals surface area contributed by atoms with E-state index >= 15 is 0 Å². The molecule has 0 aromatic heterocycles. The summed E-state index contributed by atoms with van der Waals surface area (Å²) in [4.78, 5) is 27.2. The largest absolute Gasteiger partial charge is 0.507 e. The van der Waals surface area contributed by atoms with Crippen molar-refractivity contribution in [3.8, 4) is 5.75 Å². The summed E-state index contributed by atoms with van der Waals surface area (Å²) in [6.07, 6.45) is 0. The van der Waals surface area contributed by atoms with Gasteiger partial charge < -0.3 is 19.5 Å². The first-order chi connectivity index (χ1) is 15.2. The predicted octanol–water partition coefficient (Wildman–Crippen LogP) is 4.75. The summed E-state index contributed by atoms with van der Waals surface area (Å²) >= 11 is 6.03. The standard InChI is InChI=1S/C25H28ClNO5/c1-15(2)14-32-20-10-7-18(13-16(20)3)23(28)21-22(17-5-8-19(26)9-6-17)27(11-12-31-4)25(30)24(21)29/h5-10,13,15,22,28H,11-12,14H2,1-4H3/b23-21+. The minimum absolute atomic E-state index is 0.0451. The van der Waals surface area contributed by atoms with E-state index in [4.69, 9.17) is 21.1 Å². The highest BCUT2D eigenvalue weighted by Crippen LogP contribution is 2.40. The molecule has 1 heterocycles. The van der Waals surface area contributed by atoms with Crippen molar-refractivity contribution in [3.63, 3.8) is 0 Å². The molecule has 0 bridgehead atoms. The lowest BCUT2D eigenvalue weighted by Crippen LogP contribution is -2.32. The summed E-state index contributed by atoms with van der Waals surface area (Å²) < 4.78 is 10.9. The molecule has 1 fully saturated rings. The fourth-order valence-corrected chi connectivity index (χ4v) is 3.79. The molecule has 1 aliphatic rings. The maximum atomic E-state index is 13.0. The van der Waals surface area contributed by atoms with E-state index in [-0.39, 0.29) is 24.5 Å². The zero-order chi connectivity index (χ0) is 23.4. The number of methoxy groups -OCH3 is 1. The van der Waals surface area contributed by atoms with E-state index in [1.54, 1.807) is 42.5 Å². The first-order valence-corrected chi connectivity index (χ1v) is 10.9. The fraction of sp³-hybridized carbons (Fsp3) is 0.360. The van der Waals surface area contributed by atoms with E-state index in [0.717, 1.165) is 5.56 Å². The maximum absolute atomic E-state index is 13.0. The number of aliphatic hydroxyl groups excluding tert-OH is 1. The Labute approximate surface area is 193 Å². The van der Waals surface area contributed by atoms with Crippen LogP contribution < -0.4 is 4.74 Å². The van der Waals surface area contributed by atoms with Gasteiger partial charge in [0.1, 0.15) is 11.5 Å². The number of halogens is 1. The Kier molecular flexibility index (Phi) is 7.59. The van der Waals surface area contributed by atoms with E-state index in [1.807, 2.05) is 6.92 Å². The Balaban J connectivity index is 2.06. The van der Waals surface area contributed by atoms with Crippen molar-refractivity contribution in [2.75, 3.05) is 26.9 Å². The smallest absolute Gasteiger partial charge is 0.295 e. The van der Waals surface area contributed by atoms with Crippen LogP contribution in [0.3, 0.4) is 0 Å². The van der Waals surface area contributed by atoms with Gasteiger partial charge in [-0.05, 0) is 54.3 Å². The molecule has 1 N–H and O–H groups in total. The number of ketones is 1. The number of Topliss-reactive ketones (excluding diaryl/α,β-unsaturated/α-hetero) is 1. The van der Waals surface area contributed by atoms with Crippen LogP contribution in [0, 0.1) is 12.8 Å². The van der Waals surface area contributed by atoms with Crippen molar-refractivity contribution >= 4 is 29.1 Å². The van der Waals surface area contributed by atoms with Crippen LogP contribution in [0.15, 0.2) is 48.0 Å². The quantitative estimate of drug-likeness (QED) is 0.351. The number of hydrogen-bond acceptors (Lipinski definition) is 5. The zero-order valence-corrected chi connectivity index (χ0v) is 19.5. The Bertz CT molecular complexity index is 1030. The highest BCUT2D eigenvalue weighted by Gasteiger charge is 2.45. The van der Waals surface area contributed by atoms with Gasteiger partial charge in [0.2, 0.25) is 0 Å². The molecule has 1 aliphatic heterocycles. The number of nitrogens with zero attached hydrogens (tertiary/aromatic N) is 1. The molecule has 3 rings (SSSR count). The normalized spacial score (nSPS) is 17.9. The summed E-state index contributed by atoms with van der Waals surface area (Å²) in [5, 5.41) is 11.7. The molecule has 0 radical (unpaired) electrons. The average Bonchev–Trinajstić information content (AvgIpc) is 3.01. The van der Waals surface area contributed by atoms with Crippen molar-refractivity contribution in [1.29, 1.82) is 0 Å². The van der Waals surface area contributed by atoms with Crippen molar-refractivity contribution in [2.24, 2.45) is 5.92 Å². The lowest BCUT2D eigenvalue weighted by atomic mass is 9.95. The second-order valence-corrected chi connectivity index (χ2v) is 8.66. The zero-order valence-electron chi connectivity index (χ0n) is 18.7. The average molecular weight is 458 g/mol. The van der Waals surface area contributed by atoms with Gasteiger partial charge >= 0.3 is 0 Å². The Morgan fingerprint density at radius 3 is 2.44 bits per heavy atom. The first kappa shape index (κ1) is 23.8. The number of carbonyl (C=O) groups is 2. The predicted molar refractivity (Wildman–Crippen MR) is 124 cm³/mol. The number of rotatable bonds is 8. The van der Waals surface area contributed by atoms with Crippen LogP contribution >= 0.6 is 11.6 Å². The summed E-state index contributed by atoms with van der Waals surface area (Å²) in [6, 6.07) is 11.4. The first-order valence-electron chi connectivity index (χ1n) is 10.5. The molecule has 7 heteroatoms. The number of carbonyl (C=O) groups excluding carboxylic acids is 2. The number of likely N-dealkylation sites (tertiary alicyclic amines) is 1. The van der Waals surface area contributed by atoms with Gasteiger partial charge in [0.15, 0.2) is 0 Å². The summed E-state index contributed by atoms with van der Waals surface area (Å²) in [5.74, 6) is -0.523. The molecule has 170 valence electrons. The molecule has 6 nitrogen and oxygen atoms in total. The van der Waals surface area contributed by atoms with Gasteiger partial charge in [-0.3, -0.25) is 9.59 Å². The summed E-state index contributed by atoms with van der Waals surface area (Å²) in [5.41, 5.74) is 2.00. The van der Waals surface area contributed by atoms with Gasteiger partial charge in [-0.15, -0.1) is 0 Å². The van der Waals surface area contributed by atoms with Crippen LogP contribution in [0.25, 0.3) is 5.76 Å². The molecule has 0 spiro atoms. The third-order valence-corrected chi connectivity index (χ3v) is 5.53. The minimum atomic E-state index is -0.736. The topological polar surface area (TPSA) is 76.1 Å². The molecular formula is C25H28ClNO5. The molecule has 2 aromatic rings. The van der Waals surface area contributed by atoms with E-state index in [9.17, 15) is 14.7 Å². The van der Waals surface area contributed by atoms with Crippen LogP contribution in [-0.2, 0) is 14.3 Å². The van der Waals surface area contributed by atoms with E-state index in [0.29, 0.717) is 34.4 Å².